The number of carbonyl (C=O) groups is 2. The van der Waals surface area contributed by atoms with Crippen LogP contribution >= 0.6 is 23.2 Å². The van der Waals surface area contributed by atoms with E-state index in [0.29, 0.717) is 40.7 Å². The summed E-state index contributed by atoms with van der Waals surface area (Å²) < 4.78 is 1.60. The monoisotopic (exact) mass is 553 g/mol. The van der Waals surface area contributed by atoms with E-state index in [1.807, 2.05) is 19.2 Å². The summed E-state index contributed by atoms with van der Waals surface area (Å²) in [5.74, 6) is -0.446. The van der Waals surface area contributed by atoms with Crippen LogP contribution in [-0.2, 0) is 11.2 Å². The Hall–Kier alpha value is -3.19. The van der Waals surface area contributed by atoms with Gasteiger partial charge in [0.1, 0.15) is 11.6 Å². The van der Waals surface area contributed by atoms with Crippen LogP contribution in [0.1, 0.15) is 59.4 Å². The molecule has 8 heteroatoms. The number of nitrogens with one attached hydrogen (secondary N) is 1. The van der Waals surface area contributed by atoms with Crippen molar-refractivity contribution < 1.29 is 14.7 Å². The lowest BCUT2D eigenvalue weighted by molar-refractivity contribution is -0.138. The summed E-state index contributed by atoms with van der Waals surface area (Å²) >= 11 is 11.7. The normalized spacial score (nSPS) is 12.6. The van der Waals surface area contributed by atoms with Gasteiger partial charge in [0.25, 0.3) is 0 Å². The smallest absolute Gasteiger partial charge is 0.312 e. The number of hydrogen-bond acceptors (Lipinski definition) is 4. The van der Waals surface area contributed by atoms with Crippen molar-refractivity contribution in [1.29, 1.82) is 0 Å². The van der Waals surface area contributed by atoms with E-state index in [2.05, 4.69) is 36.3 Å². The fourth-order valence-corrected chi connectivity index (χ4v) is 4.63. The van der Waals surface area contributed by atoms with Gasteiger partial charge in [-0.15, -0.1) is 0 Å². The number of carboxylic acids is 1. The molecular formula is C30H33Cl2N3O3. The molecule has 0 radical (unpaired) electrons. The van der Waals surface area contributed by atoms with Gasteiger partial charge >= 0.3 is 5.97 Å². The molecule has 2 aromatic carbocycles. The molecule has 0 saturated heterocycles. The highest BCUT2D eigenvalue weighted by Gasteiger charge is 2.24. The molecule has 2 heterocycles. The Labute approximate surface area is 233 Å². The second-order valence-electron chi connectivity index (χ2n) is 9.62. The van der Waals surface area contributed by atoms with E-state index in [1.165, 1.54) is 12.0 Å². The van der Waals surface area contributed by atoms with Gasteiger partial charge < -0.3 is 10.4 Å². The van der Waals surface area contributed by atoms with E-state index in [1.54, 1.807) is 53.1 Å². The van der Waals surface area contributed by atoms with Crippen molar-refractivity contribution in [3.8, 4) is 0 Å². The molecule has 0 aliphatic heterocycles. The zero-order valence-electron chi connectivity index (χ0n) is 21.8. The third kappa shape index (κ3) is 8.15. The number of nitrogens with zero attached hydrogens (tertiary/aromatic N) is 2. The first-order valence-electron chi connectivity index (χ1n) is 12.5. The summed E-state index contributed by atoms with van der Waals surface area (Å²) in [5.41, 5.74) is 3.63. The van der Waals surface area contributed by atoms with Crippen LogP contribution in [-0.4, -0.2) is 40.3 Å². The number of pyridine rings is 1. The second kappa shape index (κ2) is 14.1. The van der Waals surface area contributed by atoms with Crippen LogP contribution in [0.2, 0.25) is 10.0 Å². The zero-order chi connectivity index (χ0) is 27.7. The second-order valence-corrected chi connectivity index (χ2v) is 10.5. The summed E-state index contributed by atoms with van der Waals surface area (Å²) in [6.07, 6.45) is 3.83. The van der Waals surface area contributed by atoms with Crippen molar-refractivity contribution in [1.82, 2.24) is 14.7 Å². The summed E-state index contributed by atoms with van der Waals surface area (Å²) in [6.45, 7) is 5.55. The minimum Gasteiger partial charge on any atom is -0.481 e. The minimum absolute atomic E-state index is 0.298. The molecule has 2 N–H and O–H groups in total. The third-order valence-electron chi connectivity index (χ3n) is 6.22. The molecule has 0 bridgehead atoms. The van der Waals surface area contributed by atoms with Crippen LogP contribution in [0, 0.1) is 5.92 Å². The lowest BCUT2D eigenvalue weighted by atomic mass is 9.90. The van der Waals surface area contributed by atoms with Crippen LogP contribution in [0.3, 0.4) is 0 Å². The standard InChI is InChI=1S/C17H13ClN2O3.C13H20ClN/c18-12-6-4-11(5-7-12)8-14(17(22)23)15-9-20-13(10-21)2-1-3-16(20)19-15;1-10(2)8-12(9-15-3)11-4-6-13(14)7-5-11/h1-7,9-10,14H,8H2,(H,22,23);4-7,10,12,15H,8-9H2,1-3H3. The highest BCUT2D eigenvalue weighted by Crippen LogP contribution is 2.25. The molecule has 4 aromatic rings. The maximum atomic E-state index is 11.7. The Morgan fingerprint density at radius 2 is 1.66 bits per heavy atom. The average molecular weight is 555 g/mol. The third-order valence-corrected chi connectivity index (χ3v) is 6.72. The highest BCUT2D eigenvalue weighted by atomic mass is 35.5. The maximum Gasteiger partial charge on any atom is 0.312 e. The summed E-state index contributed by atoms with van der Waals surface area (Å²) in [7, 11) is 2.00. The van der Waals surface area contributed by atoms with Gasteiger partial charge in [0, 0.05) is 22.8 Å². The lowest BCUT2D eigenvalue weighted by Gasteiger charge is -2.19. The van der Waals surface area contributed by atoms with Gasteiger partial charge in [-0.2, -0.15) is 0 Å². The Balaban J connectivity index is 0.000000232. The molecule has 38 heavy (non-hydrogen) atoms. The fourth-order valence-electron chi connectivity index (χ4n) is 4.38. The summed E-state index contributed by atoms with van der Waals surface area (Å²) in [4.78, 5) is 27.1. The van der Waals surface area contributed by atoms with Crippen molar-refractivity contribution in [3.63, 3.8) is 0 Å². The number of hydrogen-bond donors (Lipinski definition) is 2. The number of aldehydes is 1. The van der Waals surface area contributed by atoms with E-state index in [4.69, 9.17) is 23.2 Å². The Bertz CT molecular complexity index is 1340. The number of halogens is 2. The first kappa shape index (κ1) is 29.4. The molecule has 0 amide bonds. The number of rotatable bonds is 10. The SMILES string of the molecule is CNCC(CC(C)C)c1ccc(Cl)cc1.O=Cc1cccc2nc(C(Cc3ccc(Cl)cc3)C(=O)O)cn12. The van der Waals surface area contributed by atoms with Gasteiger partial charge in [-0.05, 0) is 79.3 Å². The van der Waals surface area contributed by atoms with Gasteiger partial charge in [-0.3, -0.25) is 14.0 Å². The van der Waals surface area contributed by atoms with Crippen molar-refractivity contribution in [2.75, 3.05) is 13.6 Å². The minimum atomic E-state index is -0.962. The molecule has 0 aliphatic carbocycles. The van der Waals surface area contributed by atoms with E-state index >= 15 is 0 Å². The molecule has 0 spiro atoms. The molecule has 6 nitrogen and oxygen atoms in total. The Morgan fingerprint density at radius 1 is 1.03 bits per heavy atom. The molecular weight excluding hydrogens is 521 g/mol. The lowest BCUT2D eigenvalue weighted by Crippen LogP contribution is -2.18. The predicted molar refractivity (Wildman–Crippen MR) is 154 cm³/mol. The van der Waals surface area contributed by atoms with Gasteiger partial charge in [0.2, 0.25) is 0 Å². The number of aromatic nitrogens is 2. The summed E-state index contributed by atoms with van der Waals surface area (Å²) in [5, 5.41) is 14.2. The number of aliphatic carboxylic acids is 1. The van der Waals surface area contributed by atoms with Gasteiger partial charge in [0.15, 0.2) is 6.29 Å². The predicted octanol–water partition coefficient (Wildman–Crippen LogP) is 6.90. The summed E-state index contributed by atoms with van der Waals surface area (Å²) in [6, 6.07) is 20.4. The van der Waals surface area contributed by atoms with Crippen LogP contribution < -0.4 is 5.32 Å². The van der Waals surface area contributed by atoms with E-state index < -0.39 is 11.9 Å². The van der Waals surface area contributed by atoms with Crippen LogP contribution in [0.4, 0.5) is 0 Å². The molecule has 0 aliphatic rings. The van der Waals surface area contributed by atoms with Crippen LogP contribution in [0.25, 0.3) is 5.65 Å². The molecule has 0 fully saturated rings. The highest BCUT2D eigenvalue weighted by molar-refractivity contribution is 6.30. The number of imidazole rings is 1. The van der Waals surface area contributed by atoms with Crippen LogP contribution in [0.15, 0.2) is 72.9 Å². The quantitative estimate of drug-likeness (QED) is 0.208. The number of carbonyl (C=O) groups excluding carboxylic acids is 1. The number of carboxylic acid groups (broad SMARTS) is 1. The van der Waals surface area contributed by atoms with Gasteiger partial charge in [-0.25, -0.2) is 4.98 Å². The molecule has 2 aromatic heterocycles. The van der Waals surface area contributed by atoms with E-state index in [9.17, 15) is 14.7 Å². The van der Waals surface area contributed by atoms with Crippen molar-refractivity contribution in [2.24, 2.45) is 5.92 Å². The number of benzene rings is 2. The molecule has 0 saturated carbocycles. The van der Waals surface area contributed by atoms with Crippen LogP contribution in [0.5, 0.6) is 0 Å². The molecule has 200 valence electrons. The maximum absolute atomic E-state index is 11.7. The Morgan fingerprint density at radius 3 is 2.21 bits per heavy atom. The largest absolute Gasteiger partial charge is 0.481 e. The van der Waals surface area contributed by atoms with E-state index in [0.717, 1.165) is 23.0 Å². The average Bonchev–Trinajstić information content (AvgIpc) is 3.32. The number of likely N-dealkylation sites (N-methyl/N-ethyl adjacent to an activating group) is 1. The molecule has 2 atom stereocenters. The van der Waals surface area contributed by atoms with Crippen molar-refractivity contribution in [3.05, 3.63) is 105 Å². The Kier molecular flexibility index (Phi) is 10.9. The number of fused-ring (bicyclic) bond motifs is 1. The van der Waals surface area contributed by atoms with Crippen molar-refractivity contribution in [2.45, 2.75) is 38.5 Å². The molecule has 4 rings (SSSR count). The molecule has 2 unspecified atom stereocenters. The van der Waals surface area contributed by atoms with E-state index in [-0.39, 0.29) is 0 Å². The topological polar surface area (TPSA) is 83.7 Å². The first-order valence-corrected chi connectivity index (χ1v) is 13.3. The fraction of sp³-hybridized carbons (Fsp3) is 0.300. The zero-order valence-corrected chi connectivity index (χ0v) is 23.3. The first-order chi connectivity index (χ1) is 18.2. The van der Waals surface area contributed by atoms with Gasteiger partial charge in [0.05, 0.1) is 11.4 Å². The van der Waals surface area contributed by atoms with Gasteiger partial charge in [-0.1, -0.05) is 67.4 Å². The van der Waals surface area contributed by atoms with Crippen molar-refractivity contribution >= 4 is 41.1 Å².